The predicted molar refractivity (Wildman–Crippen MR) is 68.7 cm³/mol. The van der Waals surface area contributed by atoms with Gasteiger partial charge >= 0.3 is 0 Å². The van der Waals surface area contributed by atoms with E-state index in [1.807, 2.05) is 11.4 Å². The van der Waals surface area contributed by atoms with E-state index >= 15 is 0 Å². The highest BCUT2D eigenvalue weighted by Gasteiger charge is 2.23. The molecule has 0 radical (unpaired) electrons. The summed E-state index contributed by atoms with van der Waals surface area (Å²) in [5.74, 6) is -0.161. The minimum absolute atomic E-state index is 0.0729. The highest BCUT2D eigenvalue weighted by atomic mass is 79.9. The zero-order valence-electron chi connectivity index (χ0n) is 8.96. The van der Waals surface area contributed by atoms with Gasteiger partial charge in [-0.3, -0.25) is 14.9 Å². The van der Waals surface area contributed by atoms with Gasteiger partial charge in [0.2, 0.25) is 11.8 Å². The Hall–Kier alpha value is -0.920. The van der Waals surface area contributed by atoms with Crippen LogP contribution in [0.5, 0.6) is 0 Å². The fraction of sp³-hybridized carbons (Fsp3) is 0.400. The Morgan fingerprint density at radius 3 is 3.06 bits per heavy atom. The first kappa shape index (κ1) is 12.5. The lowest BCUT2D eigenvalue weighted by Gasteiger charge is -2.22. The number of halogens is 1. The van der Waals surface area contributed by atoms with Gasteiger partial charge in [-0.05, 0) is 22.0 Å². The van der Waals surface area contributed by atoms with Gasteiger partial charge in [0.25, 0.3) is 0 Å². The van der Waals surface area contributed by atoms with E-state index in [0.29, 0.717) is 13.1 Å². The maximum atomic E-state index is 11.8. The molecule has 7 heteroatoms. The van der Waals surface area contributed by atoms with E-state index in [-0.39, 0.29) is 24.4 Å². The quantitative estimate of drug-likeness (QED) is 0.746. The first-order valence-electron chi connectivity index (χ1n) is 5.16. The monoisotopic (exact) mass is 317 g/mol. The van der Waals surface area contributed by atoms with Crippen molar-refractivity contribution in [1.29, 1.82) is 0 Å². The van der Waals surface area contributed by atoms with Crippen LogP contribution in [0, 0.1) is 0 Å². The van der Waals surface area contributed by atoms with Crippen molar-refractivity contribution in [2.45, 2.75) is 12.6 Å². The molecule has 1 atom stereocenters. The normalized spacial score (nSPS) is 19.8. The number of carbonyl (C=O) groups is 2. The van der Waals surface area contributed by atoms with Crippen LogP contribution in [0.25, 0.3) is 0 Å². The van der Waals surface area contributed by atoms with Crippen molar-refractivity contribution < 1.29 is 9.59 Å². The molecule has 0 saturated carbocycles. The van der Waals surface area contributed by atoms with Gasteiger partial charge in [0, 0.05) is 21.3 Å². The average molecular weight is 318 g/mol. The van der Waals surface area contributed by atoms with Crippen LogP contribution in [0.4, 0.5) is 0 Å². The number of carbonyl (C=O) groups excluding carboxylic acids is 2. The molecule has 1 aliphatic heterocycles. The van der Waals surface area contributed by atoms with Crippen molar-refractivity contribution in [3.8, 4) is 0 Å². The van der Waals surface area contributed by atoms with Crippen molar-refractivity contribution in [3.05, 3.63) is 20.8 Å². The van der Waals surface area contributed by atoms with Crippen LogP contribution >= 0.6 is 27.3 Å². The van der Waals surface area contributed by atoms with E-state index in [2.05, 4.69) is 31.9 Å². The molecule has 0 spiro atoms. The van der Waals surface area contributed by atoms with Crippen molar-refractivity contribution in [3.63, 3.8) is 0 Å². The Bertz CT molecular complexity index is 425. The minimum atomic E-state index is -0.337. The molecule has 1 aromatic heterocycles. The number of rotatable bonds is 3. The molecule has 1 unspecified atom stereocenters. The summed E-state index contributed by atoms with van der Waals surface area (Å²) in [5, 5.41) is 10.3. The fourth-order valence-corrected chi connectivity index (χ4v) is 2.89. The van der Waals surface area contributed by atoms with E-state index in [1.54, 1.807) is 11.3 Å². The van der Waals surface area contributed by atoms with Gasteiger partial charge in [0.15, 0.2) is 0 Å². The smallest absolute Gasteiger partial charge is 0.239 e. The third-order valence-electron chi connectivity index (χ3n) is 2.39. The summed E-state index contributed by atoms with van der Waals surface area (Å²) in [7, 11) is 0. The van der Waals surface area contributed by atoms with E-state index in [9.17, 15) is 9.59 Å². The van der Waals surface area contributed by atoms with Crippen molar-refractivity contribution in [1.82, 2.24) is 16.0 Å². The second-order valence-electron chi connectivity index (χ2n) is 3.69. The van der Waals surface area contributed by atoms with E-state index in [4.69, 9.17) is 0 Å². The average Bonchev–Trinajstić information content (AvgIpc) is 2.73. The third kappa shape index (κ3) is 3.52. The summed E-state index contributed by atoms with van der Waals surface area (Å²) < 4.78 is 1.02. The van der Waals surface area contributed by atoms with E-state index in [0.717, 1.165) is 9.35 Å². The zero-order chi connectivity index (χ0) is 12.3. The van der Waals surface area contributed by atoms with Gasteiger partial charge in [-0.25, -0.2) is 0 Å². The fourth-order valence-electron chi connectivity index (χ4n) is 1.50. The van der Waals surface area contributed by atoms with Crippen molar-refractivity contribution in [2.24, 2.45) is 0 Å². The molecule has 3 N–H and O–H groups in total. The van der Waals surface area contributed by atoms with E-state index in [1.165, 1.54) is 0 Å². The molecule has 1 fully saturated rings. The van der Waals surface area contributed by atoms with Gasteiger partial charge in [0.1, 0.15) is 6.04 Å². The largest absolute Gasteiger partial charge is 0.353 e. The highest BCUT2D eigenvalue weighted by molar-refractivity contribution is 9.10. The lowest BCUT2D eigenvalue weighted by Crippen LogP contribution is -2.57. The van der Waals surface area contributed by atoms with Gasteiger partial charge in [0.05, 0.1) is 13.1 Å². The zero-order valence-corrected chi connectivity index (χ0v) is 11.4. The molecule has 5 nitrogen and oxygen atoms in total. The number of nitrogens with one attached hydrogen (secondary N) is 3. The number of amides is 2. The molecule has 92 valence electrons. The molecule has 1 aromatic rings. The topological polar surface area (TPSA) is 70.2 Å². The Balaban J connectivity index is 1.79. The maximum absolute atomic E-state index is 11.8. The molecule has 0 aromatic carbocycles. The predicted octanol–water partition coefficient (Wildman–Crippen LogP) is 0.215. The van der Waals surface area contributed by atoms with E-state index < -0.39 is 0 Å². The van der Waals surface area contributed by atoms with Crippen LogP contribution in [-0.2, 0) is 16.1 Å². The van der Waals surface area contributed by atoms with Crippen LogP contribution in [0.15, 0.2) is 15.9 Å². The number of hydrogen-bond donors (Lipinski definition) is 3. The first-order valence-corrected chi connectivity index (χ1v) is 6.83. The summed E-state index contributed by atoms with van der Waals surface area (Å²) in [6, 6.07) is 1.64. The van der Waals surface area contributed by atoms with Gasteiger partial charge in [-0.1, -0.05) is 0 Å². The van der Waals surface area contributed by atoms with Crippen molar-refractivity contribution >= 4 is 39.1 Å². The van der Waals surface area contributed by atoms with Crippen LogP contribution in [-0.4, -0.2) is 30.9 Å². The molecule has 17 heavy (non-hydrogen) atoms. The highest BCUT2D eigenvalue weighted by Crippen LogP contribution is 2.19. The maximum Gasteiger partial charge on any atom is 0.239 e. The van der Waals surface area contributed by atoms with Crippen LogP contribution < -0.4 is 16.0 Å². The first-order chi connectivity index (χ1) is 8.15. The van der Waals surface area contributed by atoms with Crippen molar-refractivity contribution in [2.75, 3.05) is 13.1 Å². The molecule has 1 saturated heterocycles. The van der Waals surface area contributed by atoms with Crippen LogP contribution in [0.2, 0.25) is 0 Å². The van der Waals surface area contributed by atoms with Gasteiger partial charge in [-0.15, -0.1) is 11.3 Å². The number of piperazine rings is 1. The van der Waals surface area contributed by atoms with Gasteiger partial charge in [-0.2, -0.15) is 0 Å². The summed E-state index contributed by atoms with van der Waals surface area (Å²) in [6.07, 6.45) is 0. The molecule has 0 aliphatic carbocycles. The lowest BCUT2D eigenvalue weighted by molar-refractivity contribution is -0.126. The summed E-state index contributed by atoms with van der Waals surface area (Å²) in [4.78, 5) is 23.7. The molecular formula is C10H12BrN3O2S. The van der Waals surface area contributed by atoms with Crippen LogP contribution in [0.1, 0.15) is 4.88 Å². The lowest BCUT2D eigenvalue weighted by atomic mass is 10.2. The molecule has 1 aliphatic rings. The third-order valence-corrected chi connectivity index (χ3v) is 4.09. The second-order valence-corrected chi connectivity index (χ2v) is 5.60. The SMILES string of the molecule is O=C1CNC(C(=O)NCc2cc(Br)cs2)CN1. The van der Waals surface area contributed by atoms with Crippen LogP contribution in [0.3, 0.4) is 0 Å². The number of thiophene rings is 1. The molecule has 2 heterocycles. The van der Waals surface area contributed by atoms with Gasteiger partial charge < -0.3 is 10.6 Å². The Morgan fingerprint density at radius 2 is 2.47 bits per heavy atom. The number of hydrogen-bond acceptors (Lipinski definition) is 4. The molecule has 2 amide bonds. The Labute approximate surface area is 111 Å². The summed E-state index contributed by atoms with van der Waals surface area (Å²) in [5.41, 5.74) is 0. The summed E-state index contributed by atoms with van der Waals surface area (Å²) >= 11 is 4.95. The Kier molecular flexibility index (Phi) is 4.14. The molecular weight excluding hydrogens is 306 g/mol. The minimum Gasteiger partial charge on any atom is -0.353 e. The summed E-state index contributed by atoms with van der Waals surface area (Å²) in [6.45, 7) is 1.06. The Morgan fingerprint density at radius 1 is 1.65 bits per heavy atom. The second kappa shape index (κ2) is 5.61. The molecule has 0 bridgehead atoms. The standard InChI is InChI=1S/C10H12BrN3O2S/c11-6-1-7(17-5-6)2-14-10(16)8-3-13-9(15)4-12-8/h1,5,8,12H,2-4H2,(H,13,15)(H,14,16). The molecule has 2 rings (SSSR count).